The molecule has 0 aliphatic heterocycles. The number of fused-ring (bicyclic) bond motifs is 1. The molecule has 0 fully saturated rings. The van der Waals surface area contributed by atoms with E-state index in [1.165, 1.54) is 27.9 Å². The summed E-state index contributed by atoms with van der Waals surface area (Å²) in [5.74, 6) is -0.456. The van der Waals surface area contributed by atoms with Crippen LogP contribution in [0.3, 0.4) is 0 Å². The molecule has 1 N–H and O–H groups in total. The molecule has 1 aromatic carbocycles. The van der Waals surface area contributed by atoms with Crippen molar-refractivity contribution in [2.75, 3.05) is 18.4 Å². The molecule has 0 saturated carbocycles. The summed E-state index contributed by atoms with van der Waals surface area (Å²) in [7, 11) is -3.73. The Bertz CT molecular complexity index is 1260. The molecule has 3 rings (SSSR count). The van der Waals surface area contributed by atoms with E-state index in [1.807, 2.05) is 26.0 Å². The number of nitrogens with zero attached hydrogens (tertiary/aromatic N) is 3. The predicted molar refractivity (Wildman–Crippen MR) is 119 cm³/mol. The Kier molecular flexibility index (Phi) is 6.39. The summed E-state index contributed by atoms with van der Waals surface area (Å²) in [6.07, 6.45) is 1.21. The molecule has 10 heteroatoms. The Hall–Kier alpha value is -2.56. The van der Waals surface area contributed by atoms with E-state index in [0.717, 1.165) is 32.0 Å². The second-order valence-corrected chi connectivity index (χ2v) is 9.88. The lowest BCUT2D eigenvalue weighted by Crippen LogP contribution is -2.33. The van der Waals surface area contributed by atoms with Crippen molar-refractivity contribution >= 4 is 42.6 Å². The number of hydrogen-bond acceptors (Lipinski definition) is 6. The highest BCUT2D eigenvalue weighted by Crippen LogP contribution is 2.29. The first-order valence-electron chi connectivity index (χ1n) is 9.54. The maximum atomic E-state index is 12.7. The lowest BCUT2D eigenvalue weighted by molar-refractivity contribution is -0.116. The van der Waals surface area contributed by atoms with E-state index < -0.39 is 21.5 Å². The maximum Gasteiger partial charge on any atom is 0.251 e. The van der Waals surface area contributed by atoms with Gasteiger partial charge in [0.15, 0.2) is 5.13 Å². The zero-order valence-electron chi connectivity index (χ0n) is 17.3. The number of carbonyl (C=O) groups is 1. The molecular weight excluding hydrogens is 424 g/mol. The summed E-state index contributed by atoms with van der Waals surface area (Å²) in [6.45, 7) is 7.76. The Labute approximate surface area is 179 Å². The van der Waals surface area contributed by atoms with Gasteiger partial charge in [0.2, 0.25) is 15.9 Å². The largest absolute Gasteiger partial charge is 0.305 e. The maximum absolute atomic E-state index is 12.7. The van der Waals surface area contributed by atoms with Gasteiger partial charge in [-0.3, -0.25) is 9.59 Å². The van der Waals surface area contributed by atoms with Gasteiger partial charge in [-0.25, -0.2) is 13.4 Å². The smallest absolute Gasteiger partial charge is 0.251 e. The second-order valence-electron chi connectivity index (χ2n) is 6.92. The van der Waals surface area contributed by atoms with Gasteiger partial charge in [0, 0.05) is 25.4 Å². The average Bonchev–Trinajstić information content (AvgIpc) is 3.06. The van der Waals surface area contributed by atoms with E-state index in [1.54, 1.807) is 13.8 Å². The van der Waals surface area contributed by atoms with Crippen molar-refractivity contribution in [3.05, 3.63) is 51.9 Å². The number of aryl methyl sites for hydroxylation is 2. The number of thiazole rings is 1. The molecule has 0 radical (unpaired) electrons. The van der Waals surface area contributed by atoms with E-state index in [2.05, 4.69) is 10.3 Å². The topological polar surface area (TPSA) is 101 Å². The fourth-order valence-corrected chi connectivity index (χ4v) is 5.77. The molecule has 2 heterocycles. The minimum absolute atomic E-state index is 0.0234. The molecule has 2 aromatic heterocycles. The van der Waals surface area contributed by atoms with Crippen LogP contribution in [0.15, 0.2) is 40.2 Å². The number of amides is 1. The first-order valence-corrected chi connectivity index (χ1v) is 11.8. The van der Waals surface area contributed by atoms with Crippen LogP contribution in [0, 0.1) is 13.8 Å². The van der Waals surface area contributed by atoms with Gasteiger partial charge in [0.25, 0.3) is 5.56 Å². The molecule has 0 aliphatic rings. The lowest BCUT2D eigenvalue weighted by atomic mass is 10.1. The van der Waals surface area contributed by atoms with Crippen molar-refractivity contribution in [3.63, 3.8) is 0 Å². The summed E-state index contributed by atoms with van der Waals surface area (Å²) in [5, 5.41) is 3.14. The first kappa shape index (κ1) is 22.1. The third kappa shape index (κ3) is 4.45. The predicted octanol–water partition coefficient (Wildman–Crippen LogP) is 2.74. The van der Waals surface area contributed by atoms with E-state index in [-0.39, 0.29) is 11.4 Å². The Balaban J connectivity index is 1.83. The molecule has 0 bridgehead atoms. The minimum Gasteiger partial charge on any atom is -0.305 e. The van der Waals surface area contributed by atoms with Crippen LogP contribution in [0.2, 0.25) is 0 Å². The number of nitrogens with one attached hydrogen (secondary N) is 1. The summed E-state index contributed by atoms with van der Waals surface area (Å²) >= 11 is 1.35. The van der Waals surface area contributed by atoms with Crippen LogP contribution < -0.4 is 10.9 Å². The van der Waals surface area contributed by atoms with Crippen LogP contribution in [-0.4, -0.2) is 41.3 Å². The summed E-state index contributed by atoms with van der Waals surface area (Å²) in [5.41, 5.74) is 2.50. The van der Waals surface area contributed by atoms with Crippen molar-refractivity contribution < 1.29 is 13.2 Å². The van der Waals surface area contributed by atoms with Crippen LogP contribution in [0.4, 0.5) is 5.13 Å². The van der Waals surface area contributed by atoms with Crippen LogP contribution >= 0.6 is 11.3 Å². The van der Waals surface area contributed by atoms with E-state index >= 15 is 0 Å². The molecule has 0 atom stereocenters. The Morgan fingerprint density at radius 3 is 2.57 bits per heavy atom. The molecular formula is C20H24N4O4S2. The summed E-state index contributed by atoms with van der Waals surface area (Å²) in [4.78, 5) is 29.1. The fraction of sp³-hybridized carbons (Fsp3) is 0.350. The van der Waals surface area contributed by atoms with Crippen molar-refractivity contribution in [1.82, 2.24) is 13.9 Å². The van der Waals surface area contributed by atoms with Crippen molar-refractivity contribution in [3.8, 4) is 0 Å². The van der Waals surface area contributed by atoms with Crippen LogP contribution in [-0.2, 0) is 21.4 Å². The molecule has 1 amide bonds. The van der Waals surface area contributed by atoms with Crippen molar-refractivity contribution in [2.24, 2.45) is 0 Å². The highest BCUT2D eigenvalue weighted by molar-refractivity contribution is 7.89. The van der Waals surface area contributed by atoms with Gasteiger partial charge in [0.1, 0.15) is 6.54 Å². The molecule has 0 spiro atoms. The second kappa shape index (κ2) is 8.66. The highest BCUT2D eigenvalue weighted by atomic mass is 32.2. The number of carbonyl (C=O) groups excluding carboxylic acids is 1. The normalized spacial score (nSPS) is 11.9. The van der Waals surface area contributed by atoms with Gasteiger partial charge in [-0.1, -0.05) is 31.3 Å². The van der Waals surface area contributed by atoms with Gasteiger partial charge in [-0.2, -0.15) is 4.31 Å². The standard InChI is InChI=1S/C20H24N4O4S2/c1-5-24(6-2)30(27,28)15-7-8-18(26)23(11-15)12-17(25)21-20-22-19-14(4)9-13(3)10-16(19)29-20/h7-11H,5-6,12H2,1-4H3,(H,21,22,25). The summed E-state index contributed by atoms with van der Waals surface area (Å²) < 4.78 is 28.7. The zero-order valence-corrected chi connectivity index (χ0v) is 18.9. The first-order chi connectivity index (χ1) is 14.1. The number of hydrogen-bond donors (Lipinski definition) is 1. The summed E-state index contributed by atoms with van der Waals surface area (Å²) in [6, 6.07) is 6.45. The minimum atomic E-state index is -3.73. The molecule has 0 unspecified atom stereocenters. The van der Waals surface area contributed by atoms with Gasteiger partial charge < -0.3 is 9.88 Å². The number of aromatic nitrogens is 2. The SMILES string of the molecule is CCN(CC)S(=O)(=O)c1ccc(=O)n(CC(=O)Nc2nc3c(C)cc(C)cc3s2)c1. The molecule has 160 valence electrons. The number of pyridine rings is 1. The number of anilines is 1. The van der Waals surface area contributed by atoms with Gasteiger partial charge in [0.05, 0.1) is 15.1 Å². The van der Waals surface area contributed by atoms with Gasteiger partial charge >= 0.3 is 0 Å². The van der Waals surface area contributed by atoms with Crippen LogP contribution in [0.5, 0.6) is 0 Å². The van der Waals surface area contributed by atoms with Crippen LogP contribution in [0.25, 0.3) is 10.2 Å². The Morgan fingerprint density at radius 2 is 1.90 bits per heavy atom. The van der Waals surface area contributed by atoms with E-state index in [9.17, 15) is 18.0 Å². The van der Waals surface area contributed by atoms with Crippen molar-refractivity contribution in [1.29, 1.82) is 0 Å². The van der Waals surface area contributed by atoms with Gasteiger partial charge in [-0.15, -0.1) is 0 Å². The third-order valence-electron chi connectivity index (χ3n) is 4.69. The zero-order chi connectivity index (χ0) is 22.1. The molecule has 8 nitrogen and oxygen atoms in total. The number of benzene rings is 1. The molecule has 3 aromatic rings. The molecule has 30 heavy (non-hydrogen) atoms. The molecule has 0 saturated heterocycles. The lowest BCUT2D eigenvalue weighted by Gasteiger charge is -2.18. The van der Waals surface area contributed by atoms with Crippen molar-refractivity contribution in [2.45, 2.75) is 39.1 Å². The van der Waals surface area contributed by atoms with E-state index in [4.69, 9.17) is 0 Å². The molecule has 0 aliphatic carbocycles. The fourth-order valence-electron chi connectivity index (χ4n) is 3.24. The third-order valence-corrected chi connectivity index (χ3v) is 7.64. The number of rotatable bonds is 7. The monoisotopic (exact) mass is 448 g/mol. The average molecular weight is 449 g/mol. The van der Waals surface area contributed by atoms with Crippen LogP contribution in [0.1, 0.15) is 25.0 Å². The van der Waals surface area contributed by atoms with E-state index in [0.29, 0.717) is 18.2 Å². The number of sulfonamides is 1. The highest BCUT2D eigenvalue weighted by Gasteiger charge is 2.22. The van der Waals surface area contributed by atoms with Gasteiger partial charge in [-0.05, 0) is 37.1 Å². The Morgan fingerprint density at radius 1 is 1.20 bits per heavy atom. The quantitative estimate of drug-likeness (QED) is 0.599.